The maximum atomic E-state index is 13.0. The minimum absolute atomic E-state index is 0.274. The maximum absolute atomic E-state index is 13.0. The van der Waals surface area contributed by atoms with Crippen LogP contribution in [0.4, 0.5) is 0 Å². The van der Waals surface area contributed by atoms with Crippen LogP contribution in [0.2, 0.25) is 0 Å². The van der Waals surface area contributed by atoms with Gasteiger partial charge in [0, 0.05) is 5.56 Å². The molecule has 2 aromatic carbocycles. The van der Waals surface area contributed by atoms with Gasteiger partial charge in [-0.25, -0.2) is 9.97 Å². The standard InChI is InChI=1S/C20H14N4OS/c1-12-18(26-20(22-12)13-7-3-2-4-8-13)17(25)14(11-21)19-23-15-9-5-6-10-16(15)24-19/h2-10,14H,1H3,(H,23,24). The number of hydrogen-bond acceptors (Lipinski definition) is 5. The van der Waals surface area contributed by atoms with Crippen LogP contribution in [0.5, 0.6) is 0 Å². The number of aryl methyl sites for hydroxylation is 1. The number of para-hydroxylation sites is 2. The highest BCUT2D eigenvalue weighted by Gasteiger charge is 2.28. The maximum Gasteiger partial charge on any atom is 0.199 e. The Kier molecular flexibility index (Phi) is 4.07. The molecular weight excluding hydrogens is 344 g/mol. The Morgan fingerprint density at radius 2 is 1.85 bits per heavy atom. The van der Waals surface area contributed by atoms with Crippen molar-refractivity contribution in [3.63, 3.8) is 0 Å². The van der Waals surface area contributed by atoms with Gasteiger partial charge in [0.1, 0.15) is 10.8 Å². The molecule has 1 N–H and O–H groups in total. The van der Waals surface area contributed by atoms with E-state index >= 15 is 0 Å². The van der Waals surface area contributed by atoms with Gasteiger partial charge in [0.2, 0.25) is 0 Å². The van der Waals surface area contributed by atoms with E-state index in [9.17, 15) is 10.1 Å². The largest absolute Gasteiger partial charge is 0.340 e. The summed E-state index contributed by atoms with van der Waals surface area (Å²) in [6.07, 6.45) is 0. The van der Waals surface area contributed by atoms with Crippen molar-refractivity contribution in [2.45, 2.75) is 12.8 Å². The van der Waals surface area contributed by atoms with E-state index in [2.05, 4.69) is 21.0 Å². The molecule has 0 fully saturated rings. The highest BCUT2D eigenvalue weighted by molar-refractivity contribution is 7.17. The van der Waals surface area contributed by atoms with E-state index < -0.39 is 5.92 Å². The second-order valence-corrected chi connectivity index (χ2v) is 6.86. The zero-order valence-corrected chi connectivity index (χ0v) is 14.7. The average Bonchev–Trinajstić information content (AvgIpc) is 3.26. The number of ketones is 1. The zero-order valence-electron chi connectivity index (χ0n) is 13.9. The normalized spacial score (nSPS) is 12.0. The third-order valence-electron chi connectivity index (χ3n) is 4.11. The van der Waals surface area contributed by atoms with Crippen LogP contribution in [0.3, 0.4) is 0 Å². The molecule has 0 saturated carbocycles. The molecule has 126 valence electrons. The molecule has 2 heterocycles. The monoisotopic (exact) mass is 358 g/mol. The average molecular weight is 358 g/mol. The van der Waals surface area contributed by atoms with E-state index in [1.807, 2.05) is 54.6 Å². The number of aromatic nitrogens is 3. The van der Waals surface area contributed by atoms with Gasteiger partial charge in [0.15, 0.2) is 11.7 Å². The number of fused-ring (bicyclic) bond motifs is 1. The van der Waals surface area contributed by atoms with E-state index in [0.29, 0.717) is 16.4 Å². The van der Waals surface area contributed by atoms with Gasteiger partial charge >= 0.3 is 0 Å². The van der Waals surface area contributed by atoms with Crippen molar-refractivity contribution in [1.82, 2.24) is 15.0 Å². The predicted molar refractivity (Wildman–Crippen MR) is 101 cm³/mol. The van der Waals surface area contributed by atoms with Crippen molar-refractivity contribution in [3.05, 3.63) is 71.0 Å². The summed E-state index contributed by atoms with van der Waals surface area (Å²) >= 11 is 1.31. The van der Waals surface area contributed by atoms with Crippen LogP contribution >= 0.6 is 11.3 Å². The molecule has 26 heavy (non-hydrogen) atoms. The summed E-state index contributed by atoms with van der Waals surface area (Å²) < 4.78 is 0. The number of benzene rings is 2. The lowest BCUT2D eigenvalue weighted by atomic mass is 10.0. The summed E-state index contributed by atoms with van der Waals surface area (Å²) in [5, 5.41) is 10.4. The van der Waals surface area contributed by atoms with E-state index in [0.717, 1.165) is 21.6 Å². The number of imidazole rings is 1. The number of carbonyl (C=O) groups excluding carboxylic acids is 1. The molecule has 4 rings (SSSR count). The number of nitrogens with one attached hydrogen (secondary N) is 1. The molecule has 2 aromatic heterocycles. The number of thiazole rings is 1. The molecule has 0 radical (unpaired) electrons. The molecule has 0 amide bonds. The van der Waals surface area contributed by atoms with Gasteiger partial charge in [-0.1, -0.05) is 42.5 Å². The molecule has 0 saturated heterocycles. The van der Waals surface area contributed by atoms with Crippen LogP contribution in [-0.2, 0) is 0 Å². The predicted octanol–water partition coefficient (Wildman–Crippen LogP) is 4.48. The Hall–Kier alpha value is -3.30. The van der Waals surface area contributed by atoms with Gasteiger partial charge in [0.05, 0.1) is 27.7 Å². The number of aromatic amines is 1. The molecule has 5 nitrogen and oxygen atoms in total. The van der Waals surface area contributed by atoms with Crippen molar-refractivity contribution in [3.8, 4) is 16.6 Å². The van der Waals surface area contributed by atoms with E-state index in [1.54, 1.807) is 6.92 Å². The van der Waals surface area contributed by atoms with E-state index in [-0.39, 0.29) is 5.78 Å². The first-order valence-corrected chi connectivity index (χ1v) is 8.90. The first-order chi connectivity index (χ1) is 12.7. The smallest absolute Gasteiger partial charge is 0.199 e. The third-order valence-corrected chi connectivity index (χ3v) is 5.33. The number of nitrogens with zero attached hydrogens (tertiary/aromatic N) is 3. The molecule has 0 aliphatic rings. The SMILES string of the molecule is Cc1nc(-c2ccccc2)sc1C(=O)C(C#N)c1nc2ccccc2[nH]1. The molecule has 0 spiro atoms. The molecule has 0 bridgehead atoms. The Morgan fingerprint density at radius 3 is 2.58 bits per heavy atom. The van der Waals surface area contributed by atoms with Gasteiger partial charge in [-0.15, -0.1) is 11.3 Å². The molecule has 0 aliphatic heterocycles. The van der Waals surface area contributed by atoms with Gasteiger partial charge in [-0.3, -0.25) is 4.79 Å². The lowest BCUT2D eigenvalue weighted by Gasteiger charge is -2.03. The van der Waals surface area contributed by atoms with Gasteiger partial charge in [0.25, 0.3) is 0 Å². The summed E-state index contributed by atoms with van der Waals surface area (Å²) in [7, 11) is 0. The second kappa shape index (κ2) is 6.54. The lowest BCUT2D eigenvalue weighted by Crippen LogP contribution is -2.12. The van der Waals surface area contributed by atoms with Crippen molar-refractivity contribution in [1.29, 1.82) is 5.26 Å². The quantitative estimate of drug-likeness (QED) is 0.545. The van der Waals surface area contributed by atoms with Crippen LogP contribution in [-0.4, -0.2) is 20.7 Å². The second-order valence-electron chi connectivity index (χ2n) is 5.87. The number of nitriles is 1. The molecule has 0 aliphatic carbocycles. The summed E-state index contributed by atoms with van der Waals surface area (Å²) in [6, 6.07) is 19.3. The number of carbonyl (C=O) groups is 1. The molecular formula is C20H14N4OS. The van der Waals surface area contributed by atoms with Crippen LogP contribution in [0, 0.1) is 18.3 Å². The van der Waals surface area contributed by atoms with Crippen LogP contribution in [0.15, 0.2) is 54.6 Å². The third kappa shape index (κ3) is 2.79. The number of Topliss-reactive ketones (excluding diaryl/α,β-unsaturated/α-hetero) is 1. The Bertz CT molecular complexity index is 1100. The number of hydrogen-bond donors (Lipinski definition) is 1. The number of rotatable bonds is 4. The molecule has 4 aromatic rings. The summed E-state index contributed by atoms with van der Waals surface area (Å²) in [5.41, 5.74) is 3.13. The van der Waals surface area contributed by atoms with Crippen LogP contribution < -0.4 is 0 Å². The van der Waals surface area contributed by atoms with Crippen molar-refractivity contribution < 1.29 is 4.79 Å². The lowest BCUT2D eigenvalue weighted by molar-refractivity contribution is 0.0979. The fraction of sp³-hybridized carbons (Fsp3) is 0.100. The first-order valence-electron chi connectivity index (χ1n) is 8.08. The molecule has 6 heteroatoms. The van der Waals surface area contributed by atoms with Crippen molar-refractivity contribution in [2.75, 3.05) is 0 Å². The van der Waals surface area contributed by atoms with E-state index in [4.69, 9.17) is 0 Å². The van der Waals surface area contributed by atoms with Gasteiger partial charge < -0.3 is 4.98 Å². The van der Waals surface area contributed by atoms with Crippen molar-refractivity contribution in [2.24, 2.45) is 0 Å². The fourth-order valence-corrected chi connectivity index (χ4v) is 3.86. The summed E-state index contributed by atoms with van der Waals surface area (Å²) in [5.74, 6) is -0.887. The first kappa shape index (κ1) is 16.2. The summed E-state index contributed by atoms with van der Waals surface area (Å²) in [4.78, 5) is 25.5. The highest BCUT2D eigenvalue weighted by Crippen LogP contribution is 2.31. The van der Waals surface area contributed by atoms with Crippen LogP contribution in [0.25, 0.3) is 21.6 Å². The van der Waals surface area contributed by atoms with Gasteiger partial charge in [-0.2, -0.15) is 5.26 Å². The topological polar surface area (TPSA) is 82.4 Å². The minimum Gasteiger partial charge on any atom is -0.340 e. The summed E-state index contributed by atoms with van der Waals surface area (Å²) in [6.45, 7) is 1.79. The Labute approximate surface area is 154 Å². The highest BCUT2D eigenvalue weighted by atomic mass is 32.1. The van der Waals surface area contributed by atoms with Crippen molar-refractivity contribution >= 4 is 28.2 Å². The minimum atomic E-state index is -0.981. The van der Waals surface area contributed by atoms with Crippen LogP contribution in [0.1, 0.15) is 27.1 Å². The molecule has 1 atom stereocenters. The Morgan fingerprint density at radius 1 is 1.12 bits per heavy atom. The molecule has 1 unspecified atom stereocenters. The zero-order chi connectivity index (χ0) is 18.1. The Balaban J connectivity index is 1.72. The van der Waals surface area contributed by atoms with Gasteiger partial charge in [-0.05, 0) is 19.1 Å². The fourth-order valence-electron chi connectivity index (χ4n) is 2.81. The number of H-pyrrole nitrogens is 1. The van der Waals surface area contributed by atoms with E-state index in [1.165, 1.54) is 11.3 Å².